The van der Waals surface area contributed by atoms with Crippen molar-refractivity contribution >= 4 is 50.6 Å². The van der Waals surface area contributed by atoms with E-state index in [0.29, 0.717) is 0 Å². The summed E-state index contributed by atoms with van der Waals surface area (Å²) in [6.07, 6.45) is 5.53. The molecule has 8 nitrogen and oxygen atoms in total. The topological polar surface area (TPSA) is 118 Å². The van der Waals surface area contributed by atoms with Crippen LogP contribution in [-0.2, 0) is 10.0 Å². The number of aromatic amines is 1. The van der Waals surface area contributed by atoms with E-state index in [1.54, 1.807) is 12.1 Å². The predicted octanol–water partition coefficient (Wildman–Crippen LogP) is 3.01. The molecule has 0 saturated carbocycles. The summed E-state index contributed by atoms with van der Waals surface area (Å²) >= 11 is 16.8. The number of rotatable bonds is 3. The van der Waals surface area contributed by atoms with E-state index in [1.165, 1.54) is 36.9 Å². The lowest BCUT2D eigenvalue weighted by Crippen LogP contribution is -2.14. The number of anilines is 1. The van der Waals surface area contributed by atoms with E-state index in [0.717, 1.165) is 0 Å². The van der Waals surface area contributed by atoms with Crippen molar-refractivity contribution in [2.45, 2.75) is 4.90 Å². The Morgan fingerprint density at radius 2 is 1.58 bits per heavy atom. The van der Waals surface area contributed by atoms with E-state index in [4.69, 9.17) is 34.8 Å². The highest BCUT2D eigenvalue weighted by atomic mass is 35.5. The van der Waals surface area contributed by atoms with E-state index in [9.17, 15) is 13.2 Å². The minimum Gasteiger partial charge on any atom is -0.325 e. The number of benzene rings is 1. The van der Waals surface area contributed by atoms with E-state index in [1.807, 2.05) is 0 Å². The van der Waals surface area contributed by atoms with Gasteiger partial charge in [-0.25, -0.2) is 23.4 Å². The highest BCUT2D eigenvalue weighted by molar-refractivity contribution is 7.92. The largest absolute Gasteiger partial charge is 0.325 e. The standard InChI is InChI=1S/C10H7Cl2N3O2S.C4H3ClN2O/c11-7-3-1-2-4-8(7)18(16,17)15-10-9(12)13-5-6-14-10;5-3-4(8)7-2-1-6-3/h1-6H,(H,14,15);1-2H,(H,7,8). The van der Waals surface area contributed by atoms with Gasteiger partial charge in [0.15, 0.2) is 16.1 Å². The third-order valence-corrected chi connectivity index (χ3v) is 5.06. The average Bonchev–Trinajstić information content (AvgIpc) is 2.60. The molecule has 0 aliphatic heterocycles. The lowest BCUT2D eigenvalue weighted by Gasteiger charge is -2.08. The first-order valence-electron chi connectivity index (χ1n) is 6.74. The fourth-order valence-corrected chi connectivity index (χ4v) is 3.42. The summed E-state index contributed by atoms with van der Waals surface area (Å²) in [6, 6.07) is 6.07. The molecule has 0 amide bonds. The zero-order valence-electron chi connectivity index (χ0n) is 12.7. The number of halogens is 3. The number of H-pyrrole nitrogens is 1. The molecule has 0 bridgehead atoms. The summed E-state index contributed by atoms with van der Waals surface area (Å²) in [5.74, 6) is -0.0425. The van der Waals surface area contributed by atoms with Gasteiger partial charge in [0.25, 0.3) is 15.6 Å². The Kier molecular flexibility index (Phi) is 6.92. The fourth-order valence-electron chi connectivity index (χ4n) is 1.57. The summed E-state index contributed by atoms with van der Waals surface area (Å²) in [5, 5.41) is 0.0608. The second kappa shape index (κ2) is 8.95. The molecular weight excluding hydrogens is 425 g/mol. The number of hydrogen-bond donors (Lipinski definition) is 2. The molecule has 1 aromatic carbocycles. The molecule has 0 radical (unpaired) electrons. The lowest BCUT2D eigenvalue weighted by atomic mass is 10.4. The molecular formula is C14H10Cl3N5O3S. The summed E-state index contributed by atoms with van der Waals surface area (Å²) in [5.41, 5.74) is -0.353. The zero-order valence-corrected chi connectivity index (χ0v) is 15.8. The molecule has 0 unspecified atom stereocenters. The Labute approximate surface area is 163 Å². The monoisotopic (exact) mass is 433 g/mol. The van der Waals surface area contributed by atoms with Crippen LogP contribution in [0.15, 0.2) is 58.7 Å². The first kappa shape index (κ1) is 20.1. The van der Waals surface area contributed by atoms with Gasteiger partial charge >= 0.3 is 0 Å². The van der Waals surface area contributed by atoms with Crippen molar-refractivity contribution < 1.29 is 8.42 Å². The van der Waals surface area contributed by atoms with Crippen LogP contribution in [0.3, 0.4) is 0 Å². The van der Waals surface area contributed by atoms with Crippen LogP contribution in [0.4, 0.5) is 5.82 Å². The molecule has 12 heteroatoms. The third kappa shape index (κ3) is 5.40. The Morgan fingerprint density at radius 1 is 0.923 bits per heavy atom. The molecule has 3 aromatic rings. The highest BCUT2D eigenvalue weighted by Gasteiger charge is 2.19. The van der Waals surface area contributed by atoms with Gasteiger partial charge in [-0.3, -0.25) is 9.52 Å². The smallest absolute Gasteiger partial charge is 0.285 e. The van der Waals surface area contributed by atoms with Crippen LogP contribution in [-0.4, -0.2) is 28.4 Å². The SMILES string of the molecule is O=S(=O)(Nc1nccnc1Cl)c1ccccc1Cl.O=c1[nH]ccnc1Cl. The molecule has 0 aliphatic rings. The van der Waals surface area contributed by atoms with Crippen LogP contribution in [0.25, 0.3) is 0 Å². The van der Waals surface area contributed by atoms with Crippen LogP contribution < -0.4 is 10.3 Å². The molecule has 2 N–H and O–H groups in total. The van der Waals surface area contributed by atoms with Gasteiger partial charge in [0.05, 0.1) is 5.02 Å². The van der Waals surface area contributed by atoms with Crippen molar-refractivity contribution in [1.82, 2.24) is 19.9 Å². The second-order valence-electron chi connectivity index (χ2n) is 4.44. The Bertz CT molecular complexity index is 1060. The quantitative estimate of drug-likeness (QED) is 0.654. The van der Waals surface area contributed by atoms with Crippen LogP contribution in [0, 0.1) is 0 Å². The van der Waals surface area contributed by atoms with Crippen molar-refractivity contribution in [1.29, 1.82) is 0 Å². The number of nitrogens with zero attached hydrogens (tertiary/aromatic N) is 3. The molecule has 2 heterocycles. The number of hydrogen-bond acceptors (Lipinski definition) is 6. The van der Waals surface area contributed by atoms with Gasteiger partial charge in [-0.2, -0.15) is 0 Å². The normalized spacial score (nSPS) is 10.6. The second-order valence-corrected chi connectivity index (χ2v) is 7.21. The summed E-state index contributed by atoms with van der Waals surface area (Å²) in [6.45, 7) is 0. The minimum atomic E-state index is -3.84. The number of sulfonamides is 1. The number of nitrogens with one attached hydrogen (secondary N) is 2. The van der Waals surface area contributed by atoms with Gasteiger partial charge in [-0.15, -0.1) is 0 Å². The molecule has 0 atom stereocenters. The van der Waals surface area contributed by atoms with Crippen LogP contribution in [0.2, 0.25) is 15.3 Å². The maximum Gasteiger partial charge on any atom is 0.285 e. The Morgan fingerprint density at radius 3 is 2.15 bits per heavy atom. The molecule has 2 aromatic heterocycles. The maximum atomic E-state index is 12.1. The van der Waals surface area contributed by atoms with Crippen molar-refractivity contribution in [2.75, 3.05) is 4.72 Å². The maximum absolute atomic E-state index is 12.1. The summed E-state index contributed by atoms with van der Waals surface area (Å²) in [7, 11) is -3.84. The van der Waals surface area contributed by atoms with Gasteiger partial charge in [-0.05, 0) is 12.1 Å². The zero-order chi connectivity index (χ0) is 19.2. The van der Waals surface area contributed by atoms with E-state index in [-0.39, 0.29) is 31.6 Å². The van der Waals surface area contributed by atoms with Gasteiger partial charge < -0.3 is 4.98 Å². The lowest BCUT2D eigenvalue weighted by molar-refractivity contribution is 0.601. The molecule has 26 heavy (non-hydrogen) atoms. The van der Waals surface area contributed by atoms with Crippen molar-refractivity contribution in [2.24, 2.45) is 0 Å². The van der Waals surface area contributed by atoms with Gasteiger partial charge in [0, 0.05) is 24.8 Å². The molecule has 0 fully saturated rings. The van der Waals surface area contributed by atoms with Crippen LogP contribution in [0.1, 0.15) is 0 Å². The Balaban J connectivity index is 0.000000254. The molecule has 0 spiro atoms. The van der Waals surface area contributed by atoms with E-state index < -0.39 is 10.0 Å². The highest BCUT2D eigenvalue weighted by Crippen LogP contribution is 2.24. The first-order valence-corrected chi connectivity index (χ1v) is 9.36. The number of aromatic nitrogens is 4. The minimum absolute atomic E-state index is 0.0208. The van der Waals surface area contributed by atoms with E-state index >= 15 is 0 Å². The molecule has 0 saturated heterocycles. The van der Waals surface area contributed by atoms with Crippen LogP contribution in [0.5, 0.6) is 0 Å². The molecule has 0 aliphatic carbocycles. The van der Waals surface area contributed by atoms with Crippen molar-refractivity contribution in [3.63, 3.8) is 0 Å². The summed E-state index contributed by atoms with van der Waals surface area (Å²) in [4.78, 5) is 23.7. The molecule has 136 valence electrons. The fraction of sp³-hybridized carbons (Fsp3) is 0. The first-order chi connectivity index (χ1) is 12.3. The Hall–Kier alpha value is -2.20. The third-order valence-electron chi connectivity index (χ3n) is 2.68. The van der Waals surface area contributed by atoms with Crippen LogP contribution >= 0.6 is 34.8 Å². The van der Waals surface area contributed by atoms with Gasteiger partial charge in [0.2, 0.25) is 0 Å². The predicted molar refractivity (Wildman–Crippen MR) is 99.2 cm³/mol. The van der Waals surface area contributed by atoms with Gasteiger partial charge in [-0.1, -0.05) is 46.9 Å². The average molecular weight is 435 g/mol. The van der Waals surface area contributed by atoms with Crippen molar-refractivity contribution in [3.05, 3.63) is 74.7 Å². The van der Waals surface area contributed by atoms with E-state index in [2.05, 4.69) is 24.7 Å². The van der Waals surface area contributed by atoms with Gasteiger partial charge in [0.1, 0.15) is 4.90 Å². The van der Waals surface area contributed by atoms with Crippen molar-refractivity contribution in [3.8, 4) is 0 Å². The molecule has 3 rings (SSSR count). The summed E-state index contributed by atoms with van der Waals surface area (Å²) < 4.78 is 26.3.